The van der Waals surface area contributed by atoms with E-state index >= 15 is 0 Å². The van der Waals surface area contributed by atoms with Gasteiger partial charge in [-0.25, -0.2) is 0 Å². The summed E-state index contributed by atoms with van der Waals surface area (Å²) in [5.74, 6) is -0.183. The second kappa shape index (κ2) is 7.14. The van der Waals surface area contributed by atoms with E-state index in [0.29, 0.717) is 13.0 Å². The predicted molar refractivity (Wildman–Crippen MR) is 102 cm³/mol. The third-order valence-corrected chi connectivity index (χ3v) is 4.95. The number of hydrogen-bond donors (Lipinski definition) is 1. The number of benzene rings is 3. The van der Waals surface area contributed by atoms with E-state index in [1.54, 1.807) is 0 Å². The third-order valence-electron chi connectivity index (χ3n) is 4.95. The summed E-state index contributed by atoms with van der Waals surface area (Å²) in [6, 6.07) is 30.5. The summed E-state index contributed by atoms with van der Waals surface area (Å²) in [5, 5.41) is 3.65. The monoisotopic (exact) mass is 343 g/mol. The summed E-state index contributed by atoms with van der Waals surface area (Å²) in [5.41, 5.74) is 2.66. The number of carbonyl (C=O) groups is 1. The van der Waals surface area contributed by atoms with Crippen molar-refractivity contribution in [3.63, 3.8) is 0 Å². The molecule has 130 valence electrons. The molecule has 3 heteroatoms. The highest BCUT2D eigenvalue weighted by Gasteiger charge is 2.41. The molecular formula is C23H21NO2. The number of rotatable bonds is 5. The molecule has 3 nitrogen and oxygen atoms in total. The SMILES string of the molecule is O=C1OCCC1NC(c1ccccc1)(c1ccccc1)c1ccccc1. The van der Waals surface area contributed by atoms with E-state index in [1.165, 1.54) is 0 Å². The van der Waals surface area contributed by atoms with Gasteiger partial charge >= 0.3 is 5.97 Å². The number of cyclic esters (lactones) is 1. The van der Waals surface area contributed by atoms with Crippen LogP contribution in [0.1, 0.15) is 23.1 Å². The van der Waals surface area contributed by atoms with Crippen LogP contribution in [0, 0.1) is 0 Å². The van der Waals surface area contributed by atoms with E-state index in [1.807, 2.05) is 54.6 Å². The first-order chi connectivity index (χ1) is 12.8. The average molecular weight is 343 g/mol. The van der Waals surface area contributed by atoms with Crippen molar-refractivity contribution in [3.8, 4) is 0 Å². The van der Waals surface area contributed by atoms with E-state index in [2.05, 4.69) is 41.7 Å². The van der Waals surface area contributed by atoms with Gasteiger partial charge in [-0.2, -0.15) is 0 Å². The van der Waals surface area contributed by atoms with Gasteiger partial charge in [0.25, 0.3) is 0 Å². The molecule has 0 aromatic heterocycles. The lowest BCUT2D eigenvalue weighted by Gasteiger charge is -2.38. The Morgan fingerprint density at radius 1 is 0.731 bits per heavy atom. The highest BCUT2D eigenvalue weighted by Crippen LogP contribution is 2.37. The van der Waals surface area contributed by atoms with Crippen molar-refractivity contribution < 1.29 is 9.53 Å². The Balaban J connectivity index is 1.95. The van der Waals surface area contributed by atoms with Gasteiger partial charge in [0.15, 0.2) is 0 Å². The highest BCUT2D eigenvalue weighted by molar-refractivity contribution is 5.78. The van der Waals surface area contributed by atoms with E-state index in [-0.39, 0.29) is 12.0 Å². The second-order valence-electron chi connectivity index (χ2n) is 6.50. The zero-order valence-corrected chi connectivity index (χ0v) is 14.5. The van der Waals surface area contributed by atoms with Gasteiger partial charge in [0.1, 0.15) is 6.04 Å². The minimum atomic E-state index is -0.627. The minimum Gasteiger partial charge on any atom is -0.464 e. The van der Waals surface area contributed by atoms with Gasteiger partial charge in [-0.1, -0.05) is 91.0 Å². The van der Waals surface area contributed by atoms with E-state index < -0.39 is 5.54 Å². The van der Waals surface area contributed by atoms with Gasteiger partial charge in [0.05, 0.1) is 12.1 Å². The van der Waals surface area contributed by atoms with Crippen LogP contribution in [0.15, 0.2) is 91.0 Å². The van der Waals surface area contributed by atoms with Crippen LogP contribution >= 0.6 is 0 Å². The fourth-order valence-electron chi connectivity index (χ4n) is 3.70. The molecule has 4 rings (SSSR count). The highest BCUT2D eigenvalue weighted by atomic mass is 16.5. The van der Waals surface area contributed by atoms with Crippen LogP contribution in [0.5, 0.6) is 0 Å². The Hall–Kier alpha value is -2.91. The fourth-order valence-corrected chi connectivity index (χ4v) is 3.70. The molecule has 0 spiro atoms. The first kappa shape index (κ1) is 16.6. The van der Waals surface area contributed by atoms with Crippen LogP contribution in [-0.4, -0.2) is 18.6 Å². The van der Waals surface area contributed by atoms with E-state index in [0.717, 1.165) is 16.7 Å². The molecule has 26 heavy (non-hydrogen) atoms. The maximum atomic E-state index is 12.3. The number of hydrogen-bond acceptors (Lipinski definition) is 3. The van der Waals surface area contributed by atoms with Gasteiger partial charge in [-0.05, 0) is 16.7 Å². The van der Waals surface area contributed by atoms with Crippen molar-refractivity contribution in [2.75, 3.05) is 6.61 Å². The molecule has 0 aliphatic carbocycles. The molecule has 1 fully saturated rings. The zero-order chi connectivity index (χ0) is 17.8. The lowest BCUT2D eigenvalue weighted by molar-refractivity contribution is -0.139. The Kier molecular flexibility index (Phi) is 4.55. The van der Waals surface area contributed by atoms with Crippen molar-refractivity contribution in [2.24, 2.45) is 0 Å². The Morgan fingerprint density at radius 2 is 1.15 bits per heavy atom. The maximum absolute atomic E-state index is 12.3. The zero-order valence-electron chi connectivity index (χ0n) is 14.5. The Labute approximate surface area is 153 Å². The first-order valence-corrected chi connectivity index (χ1v) is 8.91. The average Bonchev–Trinajstić information content (AvgIpc) is 3.12. The number of nitrogens with one attached hydrogen (secondary N) is 1. The molecule has 1 aliphatic rings. The molecule has 0 saturated carbocycles. The Morgan fingerprint density at radius 3 is 1.50 bits per heavy atom. The first-order valence-electron chi connectivity index (χ1n) is 8.91. The largest absolute Gasteiger partial charge is 0.464 e. The summed E-state index contributed by atoms with van der Waals surface area (Å²) in [7, 11) is 0. The molecule has 0 radical (unpaired) electrons. The molecule has 1 heterocycles. The second-order valence-corrected chi connectivity index (χ2v) is 6.50. The molecule has 1 N–H and O–H groups in total. The van der Waals surface area contributed by atoms with Crippen LogP contribution < -0.4 is 5.32 Å². The van der Waals surface area contributed by atoms with Crippen molar-refractivity contribution in [3.05, 3.63) is 108 Å². The van der Waals surface area contributed by atoms with Crippen molar-refractivity contribution in [1.82, 2.24) is 5.32 Å². The van der Waals surface area contributed by atoms with Gasteiger partial charge in [0.2, 0.25) is 0 Å². The molecule has 0 amide bonds. The third kappa shape index (κ3) is 2.91. The number of carbonyl (C=O) groups excluding carboxylic acids is 1. The smallest absolute Gasteiger partial charge is 0.323 e. The standard InChI is InChI=1S/C23H21NO2/c25-22-21(16-17-26-22)24-23(18-10-4-1-5-11-18,19-12-6-2-7-13-19)20-14-8-3-9-15-20/h1-15,21,24H,16-17H2. The quantitative estimate of drug-likeness (QED) is 0.564. The molecular weight excluding hydrogens is 322 g/mol. The summed E-state index contributed by atoms with van der Waals surface area (Å²) < 4.78 is 5.22. The summed E-state index contributed by atoms with van der Waals surface area (Å²) in [4.78, 5) is 12.3. The van der Waals surface area contributed by atoms with Crippen LogP contribution in [0.25, 0.3) is 0 Å². The van der Waals surface area contributed by atoms with E-state index in [4.69, 9.17) is 4.74 Å². The van der Waals surface area contributed by atoms with E-state index in [9.17, 15) is 4.79 Å². The van der Waals surface area contributed by atoms with Crippen molar-refractivity contribution in [1.29, 1.82) is 0 Å². The minimum absolute atomic E-state index is 0.183. The number of esters is 1. The summed E-state index contributed by atoms with van der Waals surface area (Å²) >= 11 is 0. The van der Waals surface area contributed by atoms with Crippen molar-refractivity contribution >= 4 is 5.97 Å². The topological polar surface area (TPSA) is 38.3 Å². The Bertz CT molecular complexity index is 766. The molecule has 1 atom stereocenters. The van der Waals surface area contributed by atoms with Gasteiger partial charge < -0.3 is 4.74 Å². The summed E-state index contributed by atoms with van der Waals surface area (Å²) in [6.07, 6.45) is 0.674. The maximum Gasteiger partial charge on any atom is 0.323 e. The molecule has 3 aromatic carbocycles. The molecule has 1 unspecified atom stereocenters. The number of ether oxygens (including phenoxy) is 1. The van der Waals surface area contributed by atoms with Crippen LogP contribution in [0.2, 0.25) is 0 Å². The normalized spacial score (nSPS) is 17.1. The lowest BCUT2D eigenvalue weighted by atomic mass is 9.76. The molecule has 1 saturated heterocycles. The van der Waals surface area contributed by atoms with Gasteiger partial charge in [-0.15, -0.1) is 0 Å². The molecule has 1 aliphatic heterocycles. The van der Waals surface area contributed by atoms with Crippen LogP contribution in [-0.2, 0) is 15.1 Å². The molecule has 0 bridgehead atoms. The van der Waals surface area contributed by atoms with Crippen LogP contribution in [0.4, 0.5) is 0 Å². The lowest BCUT2D eigenvalue weighted by Crippen LogP contribution is -2.51. The summed E-state index contributed by atoms with van der Waals surface area (Å²) in [6.45, 7) is 0.463. The fraction of sp³-hybridized carbons (Fsp3) is 0.174. The van der Waals surface area contributed by atoms with Crippen LogP contribution in [0.3, 0.4) is 0 Å². The van der Waals surface area contributed by atoms with Crippen molar-refractivity contribution in [2.45, 2.75) is 18.0 Å². The van der Waals surface area contributed by atoms with Gasteiger partial charge in [0, 0.05) is 6.42 Å². The molecule has 3 aromatic rings. The predicted octanol–water partition coefficient (Wildman–Crippen LogP) is 3.88. The van der Waals surface area contributed by atoms with Gasteiger partial charge in [-0.3, -0.25) is 10.1 Å².